The van der Waals surface area contributed by atoms with Gasteiger partial charge in [-0.05, 0) is 49.6 Å². The highest BCUT2D eigenvalue weighted by molar-refractivity contribution is 6.04. The molecular formula is C20H18O5. The number of hydrogen-bond acceptors (Lipinski definition) is 5. The fourth-order valence-corrected chi connectivity index (χ4v) is 3.33. The molecule has 1 saturated carbocycles. The van der Waals surface area contributed by atoms with Gasteiger partial charge < -0.3 is 13.9 Å². The molecule has 3 aromatic rings. The molecule has 128 valence electrons. The zero-order valence-corrected chi connectivity index (χ0v) is 13.9. The van der Waals surface area contributed by atoms with Gasteiger partial charge in [0.05, 0.1) is 12.5 Å². The summed E-state index contributed by atoms with van der Waals surface area (Å²) in [5.41, 5.74) is 0.0238. The van der Waals surface area contributed by atoms with E-state index in [-0.39, 0.29) is 5.78 Å². The quantitative estimate of drug-likeness (QED) is 0.536. The van der Waals surface area contributed by atoms with E-state index in [9.17, 15) is 9.59 Å². The molecule has 25 heavy (non-hydrogen) atoms. The third kappa shape index (κ3) is 2.86. The Morgan fingerprint density at radius 1 is 0.960 bits per heavy atom. The molecule has 2 aromatic carbocycles. The van der Waals surface area contributed by atoms with Gasteiger partial charge in [0.2, 0.25) is 0 Å². The molecular weight excluding hydrogens is 320 g/mol. The van der Waals surface area contributed by atoms with Gasteiger partial charge in [0.25, 0.3) is 0 Å². The van der Waals surface area contributed by atoms with Gasteiger partial charge >= 0.3 is 5.63 Å². The Kier molecular flexibility index (Phi) is 3.92. The van der Waals surface area contributed by atoms with Gasteiger partial charge in [-0.3, -0.25) is 4.79 Å². The highest BCUT2D eigenvalue weighted by Crippen LogP contribution is 2.29. The summed E-state index contributed by atoms with van der Waals surface area (Å²) in [4.78, 5) is 24.2. The molecule has 0 aliphatic heterocycles. The van der Waals surface area contributed by atoms with Gasteiger partial charge in [0.15, 0.2) is 11.9 Å². The first-order valence-electron chi connectivity index (χ1n) is 8.40. The average Bonchev–Trinajstić information content (AvgIpc) is 2.63. The van der Waals surface area contributed by atoms with E-state index in [0.29, 0.717) is 28.9 Å². The topological polar surface area (TPSA) is 65.7 Å². The Bertz CT molecular complexity index is 1020. The highest BCUT2D eigenvalue weighted by Gasteiger charge is 2.24. The van der Waals surface area contributed by atoms with Crippen LogP contribution in [0.4, 0.5) is 0 Å². The predicted molar refractivity (Wildman–Crippen MR) is 94.4 cm³/mol. The molecule has 0 bridgehead atoms. The van der Waals surface area contributed by atoms with Crippen molar-refractivity contribution in [1.82, 2.24) is 0 Å². The molecule has 1 aliphatic carbocycles. The number of methoxy groups -OCH3 is 1. The number of ether oxygens (including phenoxy) is 2. The Morgan fingerprint density at radius 3 is 2.56 bits per heavy atom. The molecule has 0 radical (unpaired) electrons. The largest absolute Gasteiger partial charge is 0.497 e. The van der Waals surface area contributed by atoms with E-state index in [4.69, 9.17) is 13.9 Å². The maximum Gasteiger partial charge on any atom is 0.344 e. The van der Waals surface area contributed by atoms with Crippen LogP contribution in [0.1, 0.15) is 25.7 Å². The van der Waals surface area contributed by atoms with Crippen molar-refractivity contribution in [2.24, 2.45) is 0 Å². The van der Waals surface area contributed by atoms with E-state index in [1.807, 2.05) is 24.3 Å². The first-order chi connectivity index (χ1) is 12.2. The van der Waals surface area contributed by atoms with E-state index in [0.717, 1.165) is 30.0 Å². The van der Waals surface area contributed by atoms with Gasteiger partial charge in [0.1, 0.15) is 17.1 Å². The molecule has 0 N–H and O–H groups in total. The third-order valence-electron chi connectivity index (χ3n) is 4.67. The summed E-state index contributed by atoms with van der Waals surface area (Å²) in [6.45, 7) is 0. The molecule has 0 unspecified atom stereocenters. The second-order valence-corrected chi connectivity index (χ2v) is 6.28. The molecule has 1 aliphatic rings. The predicted octanol–water partition coefficient (Wildman–Crippen LogP) is 3.85. The van der Waals surface area contributed by atoms with Crippen LogP contribution >= 0.6 is 0 Å². The van der Waals surface area contributed by atoms with Gasteiger partial charge in [-0.15, -0.1) is 0 Å². The van der Waals surface area contributed by atoms with Gasteiger partial charge in [-0.2, -0.15) is 0 Å². The molecule has 0 amide bonds. The van der Waals surface area contributed by atoms with Crippen LogP contribution in [-0.4, -0.2) is 19.0 Å². The van der Waals surface area contributed by atoms with Crippen LogP contribution in [0.3, 0.4) is 0 Å². The van der Waals surface area contributed by atoms with Crippen LogP contribution < -0.4 is 15.1 Å². The summed E-state index contributed by atoms with van der Waals surface area (Å²) in [5.74, 6) is 1.29. The van der Waals surface area contributed by atoms with Crippen molar-refractivity contribution < 1.29 is 18.7 Å². The molecule has 1 atom stereocenters. The van der Waals surface area contributed by atoms with Gasteiger partial charge in [0, 0.05) is 23.3 Å². The lowest BCUT2D eigenvalue weighted by atomic mass is 9.96. The molecule has 1 heterocycles. The Hall–Kier alpha value is -2.82. The maximum atomic E-state index is 12.3. The van der Waals surface area contributed by atoms with Crippen molar-refractivity contribution in [3.63, 3.8) is 0 Å². The lowest BCUT2D eigenvalue weighted by molar-refractivity contribution is -0.127. The SMILES string of the molecule is COc1ccc2c(c1)c(=O)oc1cc(O[C@@H]3CCCCC3=O)ccc12. The zero-order valence-electron chi connectivity index (χ0n) is 13.9. The van der Waals surface area contributed by atoms with Crippen LogP contribution in [0, 0.1) is 0 Å². The monoisotopic (exact) mass is 338 g/mol. The second-order valence-electron chi connectivity index (χ2n) is 6.28. The summed E-state index contributed by atoms with van der Waals surface area (Å²) in [6.07, 6.45) is 2.83. The fraction of sp³-hybridized carbons (Fsp3) is 0.300. The number of benzene rings is 2. The molecule has 4 rings (SSSR count). The number of fused-ring (bicyclic) bond motifs is 3. The highest BCUT2D eigenvalue weighted by atomic mass is 16.5. The van der Waals surface area contributed by atoms with E-state index in [1.54, 1.807) is 19.2 Å². The van der Waals surface area contributed by atoms with Crippen molar-refractivity contribution in [2.45, 2.75) is 31.8 Å². The van der Waals surface area contributed by atoms with E-state index >= 15 is 0 Å². The molecule has 5 nitrogen and oxygen atoms in total. The number of ketones is 1. The molecule has 1 aromatic heterocycles. The summed E-state index contributed by atoms with van der Waals surface area (Å²) in [5, 5.41) is 2.09. The smallest absolute Gasteiger partial charge is 0.344 e. The molecule has 0 spiro atoms. The van der Waals surface area contributed by atoms with E-state index in [1.165, 1.54) is 0 Å². The van der Waals surface area contributed by atoms with E-state index in [2.05, 4.69) is 0 Å². The van der Waals surface area contributed by atoms with Crippen molar-refractivity contribution in [3.05, 3.63) is 46.8 Å². The lowest BCUT2D eigenvalue weighted by Crippen LogP contribution is -2.30. The third-order valence-corrected chi connectivity index (χ3v) is 4.67. The molecule has 0 saturated heterocycles. The van der Waals surface area contributed by atoms with Crippen molar-refractivity contribution >= 4 is 27.5 Å². The normalized spacial score (nSPS) is 17.8. The summed E-state index contributed by atoms with van der Waals surface area (Å²) < 4.78 is 16.5. The summed E-state index contributed by atoms with van der Waals surface area (Å²) in [6, 6.07) is 10.7. The minimum Gasteiger partial charge on any atom is -0.497 e. The number of carbonyl (C=O) groups excluding carboxylic acids is 1. The van der Waals surface area contributed by atoms with Crippen molar-refractivity contribution in [3.8, 4) is 11.5 Å². The average molecular weight is 338 g/mol. The first kappa shape index (κ1) is 15.7. The Morgan fingerprint density at radius 2 is 1.76 bits per heavy atom. The molecule has 5 heteroatoms. The zero-order chi connectivity index (χ0) is 17.4. The number of hydrogen-bond donors (Lipinski definition) is 0. The van der Waals surface area contributed by atoms with E-state index < -0.39 is 11.7 Å². The van der Waals surface area contributed by atoms with Crippen LogP contribution in [0.15, 0.2) is 45.6 Å². The summed E-state index contributed by atoms with van der Waals surface area (Å²) in [7, 11) is 1.56. The maximum absolute atomic E-state index is 12.3. The van der Waals surface area contributed by atoms with Crippen LogP contribution in [0.5, 0.6) is 11.5 Å². The van der Waals surface area contributed by atoms with Crippen molar-refractivity contribution in [2.75, 3.05) is 7.11 Å². The number of rotatable bonds is 3. The van der Waals surface area contributed by atoms with Crippen molar-refractivity contribution in [1.29, 1.82) is 0 Å². The lowest BCUT2D eigenvalue weighted by Gasteiger charge is -2.21. The second kappa shape index (κ2) is 6.24. The van der Waals surface area contributed by atoms with Gasteiger partial charge in [-0.1, -0.05) is 0 Å². The summed E-state index contributed by atoms with van der Waals surface area (Å²) >= 11 is 0. The first-order valence-corrected chi connectivity index (χ1v) is 8.40. The van der Waals surface area contributed by atoms with Crippen LogP contribution in [0.25, 0.3) is 21.7 Å². The van der Waals surface area contributed by atoms with Crippen LogP contribution in [0.2, 0.25) is 0 Å². The van der Waals surface area contributed by atoms with Crippen LogP contribution in [-0.2, 0) is 4.79 Å². The minimum atomic E-state index is -0.424. The standard InChI is InChI=1S/C20H18O5/c1-23-12-6-8-14-15-9-7-13(24-18-5-3-2-4-17(18)21)11-19(15)25-20(22)16(14)10-12/h6-11,18H,2-5H2,1H3/t18-/m1/s1. The minimum absolute atomic E-state index is 0.137. The Balaban J connectivity index is 1.77. The molecule has 1 fully saturated rings. The fourth-order valence-electron chi connectivity index (χ4n) is 3.33. The number of carbonyl (C=O) groups is 1. The number of Topliss-reactive ketones (excluding diaryl/α,β-unsaturated/α-hetero) is 1. The Labute approximate surface area is 144 Å². The van der Waals surface area contributed by atoms with Gasteiger partial charge in [-0.25, -0.2) is 4.79 Å².